The van der Waals surface area contributed by atoms with Crippen LogP contribution in [0.15, 0.2) is 24.3 Å². The summed E-state index contributed by atoms with van der Waals surface area (Å²) in [4.78, 5) is 4.59. The van der Waals surface area contributed by atoms with Crippen LogP contribution in [0.25, 0.3) is 11.0 Å². The molecule has 3 heteroatoms. The minimum Gasteiger partial charge on any atom is -0.377 e. The Morgan fingerprint density at radius 3 is 2.75 bits per heavy atom. The molecule has 1 heterocycles. The third-order valence-corrected chi connectivity index (χ3v) is 2.55. The van der Waals surface area contributed by atoms with Crippen LogP contribution in [-0.4, -0.2) is 16.7 Å². The molecule has 0 bridgehead atoms. The molecule has 0 aliphatic rings. The van der Waals surface area contributed by atoms with E-state index >= 15 is 0 Å². The maximum Gasteiger partial charge on any atom is 0.135 e. The zero-order valence-electron chi connectivity index (χ0n) is 10.1. The highest BCUT2D eigenvalue weighted by Crippen LogP contribution is 2.18. The summed E-state index contributed by atoms with van der Waals surface area (Å²) < 4.78 is 7.45. The molecule has 0 aliphatic heterocycles. The van der Waals surface area contributed by atoms with Crippen molar-refractivity contribution in [2.45, 2.75) is 27.0 Å². The van der Waals surface area contributed by atoms with Crippen molar-refractivity contribution in [2.75, 3.05) is 7.11 Å². The second kappa shape index (κ2) is 4.66. The van der Waals surface area contributed by atoms with Gasteiger partial charge in [-0.05, 0) is 18.1 Å². The third-order valence-electron chi connectivity index (χ3n) is 2.55. The van der Waals surface area contributed by atoms with Gasteiger partial charge in [-0.1, -0.05) is 26.0 Å². The Balaban J connectivity index is 2.50. The highest BCUT2D eigenvalue weighted by Gasteiger charge is 2.10. The number of imidazole rings is 1. The summed E-state index contributed by atoms with van der Waals surface area (Å²) in [5.74, 6) is 1.62. The van der Waals surface area contributed by atoms with Crippen LogP contribution >= 0.6 is 0 Å². The van der Waals surface area contributed by atoms with Gasteiger partial charge in [0.1, 0.15) is 12.4 Å². The van der Waals surface area contributed by atoms with Gasteiger partial charge in [0, 0.05) is 13.7 Å². The van der Waals surface area contributed by atoms with Crippen molar-refractivity contribution in [1.29, 1.82) is 0 Å². The molecule has 2 rings (SSSR count). The van der Waals surface area contributed by atoms with E-state index < -0.39 is 0 Å². The molecule has 0 saturated carbocycles. The highest BCUT2D eigenvalue weighted by atomic mass is 16.5. The number of fused-ring (bicyclic) bond motifs is 1. The number of aromatic nitrogens is 2. The highest BCUT2D eigenvalue weighted by molar-refractivity contribution is 5.75. The van der Waals surface area contributed by atoms with Crippen molar-refractivity contribution >= 4 is 11.0 Å². The molecule has 3 nitrogen and oxygen atoms in total. The van der Waals surface area contributed by atoms with E-state index in [4.69, 9.17) is 4.74 Å². The molecule has 86 valence electrons. The number of ether oxygens (including phenoxy) is 1. The summed E-state index contributed by atoms with van der Waals surface area (Å²) in [6.45, 7) is 5.98. The molecule has 0 atom stereocenters. The first-order valence-electron chi connectivity index (χ1n) is 5.65. The van der Waals surface area contributed by atoms with E-state index in [1.807, 2.05) is 12.1 Å². The molecular formula is C13H18N2O. The van der Waals surface area contributed by atoms with Crippen LogP contribution < -0.4 is 0 Å². The van der Waals surface area contributed by atoms with E-state index in [2.05, 4.69) is 35.5 Å². The number of hydrogen-bond donors (Lipinski definition) is 0. The van der Waals surface area contributed by atoms with Crippen LogP contribution in [0.4, 0.5) is 0 Å². The van der Waals surface area contributed by atoms with Crippen LogP contribution in [-0.2, 0) is 17.9 Å². The van der Waals surface area contributed by atoms with Crippen molar-refractivity contribution in [3.63, 3.8) is 0 Å². The number of methoxy groups -OCH3 is 1. The van der Waals surface area contributed by atoms with Gasteiger partial charge < -0.3 is 9.30 Å². The maximum absolute atomic E-state index is 5.20. The summed E-state index contributed by atoms with van der Waals surface area (Å²) >= 11 is 0. The third kappa shape index (κ3) is 2.09. The van der Waals surface area contributed by atoms with E-state index in [1.165, 1.54) is 5.52 Å². The molecule has 0 saturated heterocycles. The van der Waals surface area contributed by atoms with Crippen LogP contribution in [0.3, 0.4) is 0 Å². The normalized spacial score (nSPS) is 11.5. The molecule has 0 unspecified atom stereocenters. The van der Waals surface area contributed by atoms with E-state index in [0.29, 0.717) is 12.5 Å². The number of benzene rings is 1. The topological polar surface area (TPSA) is 27.1 Å². The largest absolute Gasteiger partial charge is 0.377 e. The summed E-state index contributed by atoms with van der Waals surface area (Å²) in [7, 11) is 1.71. The zero-order valence-corrected chi connectivity index (χ0v) is 10.1. The Kier molecular flexibility index (Phi) is 3.25. The van der Waals surface area contributed by atoms with Crippen LogP contribution in [0.2, 0.25) is 0 Å². The summed E-state index contributed by atoms with van der Waals surface area (Å²) in [6.07, 6.45) is 0. The summed E-state index contributed by atoms with van der Waals surface area (Å²) in [5, 5.41) is 0. The molecule has 1 aromatic carbocycles. The average Bonchev–Trinajstić information content (AvgIpc) is 2.57. The van der Waals surface area contributed by atoms with Crippen LogP contribution in [0.5, 0.6) is 0 Å². The summed E-state index contributed by atoms with van der Waals surface area (Å²) in [6, 6.07) is 8.23. The lowest BCUT2D eigenvalue weighted by molar-refractivity contribution is 0.174. The minimum absolute atomic E-state index is 0.571. The molecule has 0 aliphatic carbocycles. The lowest BCUT2D eigenvalue weighted by Crippen LogP contribution is -2.09. The first-order chi connectivity index (χ1) is 7.72. The van der Waals surface area contributed by atoms with Gasteiger partial charge in [-0.3, -0.25) is 0 Å². The van der Waals surface area contributed by atoms with Crippen LogP contribution in [0, 0.1) is 5.92 Å². The van der Waals surface area contributed by atoms with Gasteiger partial charge in [0.05, 0.1) is 11.0 Å². The Bertz CT molecular complexity index is 474. The van der Waals surface area contributed by atoms with Gasteiger partial charge in [-0.2, -0.15) is 0 Å². The Morgan fingerprint density at radius 1 is 1.31 bits per heavy atom. The Labute approximate surface area is 96.1 Å². The average molecular weight is 218 g/mol. The first kappa shape index (κ1) is 11.1. The SMILES string of the molecule is COCc1nc2ccccc2n1CC(C)C. The number of hydrogen-bond acceptors (Lipinski definition) is 2. The Morgan fingerprint density at radius 2 is 2.06 bits per heavy atom. The number of rotatable bonds is 4. The minimum atomic E-state index is 0.571. The van der Waals surface area contributed by atoms with Crippen LogP contribution in [0.1, 0.15) is 19.7 Å². The molecule has 0 spiro atoms. The standard InChI is InChI=1S/C13H18N2O/c1-10(2)8-15-12-7-5-4-6-11(12)14-13(15)9-16-3/h4-7,10H,8-9H2,1-3H3. The van der Waals surface area contributed by atoms with Gasteiger partial charge in [-0.15, -0.1) is 0 Å². The van der Waals surface area contributed by atoms with Gasteiger partial charge in [0.25, 0.3) is 0 Å². The quantitative estimate of drug-likeness (QED) is 0.789. The van der Waals surface area contributed by atoms with Crippen molar-refractivity contribution < 1.29 is 4.74 Å². The van der Waals surface area contributed by atoms with E-state index in [1.54, 1.807) is 7.11 Å². The fourth-order valence-electron chi connectivity index (χ4n) is 1.93. The van der Waals surface area contributed by atoms with E-state index in [-0.39, 0.29) is 0 Å². The number of nitrogens with zero attached hydrogens (tertiary/aromatic N) is 2. The summed E-state index contributed by atoms with van der Waals surface area (Å²) in [5.41, 5.74) is 2.25. The fraction of sp³-hybridized carbons (Fsp3) is 0.462. The molecular weight excluding hydrogens is 200 g/mol. The smallest absolute Gasteiger partial charge is 0.135 e. The van der Waals surface area contributed by atoms with Crippen molar-refractivity contribution in [2.24, 2.45) is 5.92 Å². The van der Waals surface area contributed by atoms with E-state index in [0.717, 1.165) is 17.9 Å². The van der Waals surface area contributed by atoms with Crippen molar-refractivity contribution in [3.8, 4) is 0 Å². The van der Waals surface area contributed by atoms with Crippen molar-refractivity contribution in [3.05, 3.63) is 30.1 Å². The van der Waals surface area contributed by atoms with Gasteiger partial charge in [0.15, 0.2) is 0 Å². The second-order valence-electron chi connectivity index (χ2n) is 4.45. The predicted octanol–water partition coefficient (Wildman–Crippen LogP) is 2.84. The molecule has 2 aromatic rings. The second-order valence-corrected chi connectivity index (χ2v) is 4.45. The molecule has 1 aromatic heterocycles. The zero-order chi connectivity index (χ0) is 11.5. The van der Waals surface area contributed by atoms with Gasteiger partial charge in [0.2, 0.25) is 0 Å². The van der Waals surface area contributed by atoms with E-state index in [9.17, 15) is 0 Å². The molecule has 0 amide bonds. The predicted molar refractivity (Wildman–Crippen MR) is 65.3 cm³/mol. The Hall–Kier alpha value is -1.35. The number of para-hydroxylation sites is 2. The molecule has 0 fully saturated rings. The molecule has 0 radical (unpaired) electrons. The monoisotopic (exact) mass is 218 g/mol. The lowest BCUT2D eigenvalue weighted by Gasteiger charge is -2.11. The van der Waals surface area contributed by atoms with Gasteiger partial charge >= 0.3 is 0 Å². The lowest BCUT2D eigenvalue weighted by atomic mass is 10.2. The fourth-order valence-corrected chi connectivity index (χ4v) is 1.93. The van der Waals surface area contributed by atoms with Crippen molar-refractivity contribution in [1.82, 2.24) is 9.55 Å². The first-order valence-corrected chi connectivity index (χ1v) is 5.65. The van der Waals surface area contributed by atoms with Gasteiger partial charge in [-0.25, -0.2) is 4.98 Å². The molecule has 0 N–H and O–H groups in total. The maximum atomic E-state index is 5.20. The molecule has 16 heavy (non-hydrogen) atoms.